The number of hydrogen-bond acceptors (Lipinski definition) is 3. The lowest BCUT2D eigenvalue weighted by atomic mass is 10.1. The summed E-state index contributed by atoms with van der Waals surface area (Å²) in [6.45, 7) is 4.50. The first-order valence-corrected chi connectivity index (χ1v) is 7.39. The predicted octanol–water partition coefficient (Wildman–Crippen LogP) is 2.13. The smallest absolute Gasteiger partial charge is 0.220 e. The Morgan fingerprint density at radius 2 is 1.95 bits per heavy atom. The third-order valence-electron chi connectivity index (χ3n) is 2.96. The summed E-state index contributed by atoms with van der Waals surface area (Å²) in [5.74, 6) is 1.01. The maximum atomic E-state index is 11.6. The molecule has 20 heavy (non-hydrogen) atoms. The van der Waals surface area contributed by atoms with Crippen molar-refractivity contribution in [3.05, 3.63) is 29.8 Å². The average Bonchev–Trinajstić information content (AvgIpc) is 2.48. The summed E-state index contributed by atoms with van der Waals surface area (Å²) >= 11 is 0. The fourth-order valence-corrected chi connectivity index (χ4v) is 1.81. The minimum Gasteiger partial charge on any atom is -0.494 e. The van der Waals surface area contributed by atoms with E-state index in [9.17, 15) is 4.79 Å². The van der Waals surface area contributed by atoms with Gasteiger partial charge < -0.3 is 15.4 Å². The number of carbonyl (C=O) groups is 1. The molecular weight excluding hydrogens is 252 g/mol. The molecule has 0 heterocycles. The first kappa shape index (κ1) is 16.5. The van der Waals surface area contributed by atoms with Crippen molar-refractivity contribution in [2.75, 3.05) is 26.7 Å². The van der Waals surface area contributed by atoms with Crippen LogP contribution in [0.25, 0.3) is 0 Å². The standard InChI is InChI=1S/C16H26N2O2/c1-3-13-20-15-8-5-14(6-9-15)7-10-16(19)18-12-4-11-17-2/h5-6,8-9,17H,3-4,7,10-13H2,1-2H3,(H,18,19). The van der Waals surface area contributed by atoms with Crippen LogP contribution in [0.15, 0.2) is 24.3 Å². The Morgan fingerprint density at radius 3 is 2.60 bits per heavy atom. The van der Waals surface area contributed by atoms with Gasteiger partial charge in [0.25, 0.3) is 0 Å². The molecule has 1 aromatic rings. The zero-order valence-corrected chi connectivity index (χ0v) is 12.6. The van der Waals surface area contributed by atoms with Gasteiger partial charge in [-0.3, -0.25) is 4.79 Å². The van der Waals surface area contributed by atoms with Crippen LogP contribution in [-0.4, -0.2) is 32.7 Å². The number of nitrogens with one attached hydrogen (secondary N) is 2. The highest BCUT2D eigenvalue weighted by molar-refractivity contribution is 5.76. The average molecular weight is 278 g/mol. The van der Waals surface area contributed by atoms with E-state index in [0.29, 0.717) is 6.42 Å². The van der Waals surface area contributed by atoms with E-state index in [1.54, 1.807) is 0 Å². The van der Waals surface area contributed by atoms with Crippen molar-refractivity contribution in [1.82, 2.24) is 10.6 Å². The number of hydrogen-bond donors (Lipinski definition) is 2. The molecule has 0 aliphatic rings. The van der Waals surface area contributed by atoms with Crippen molar-refractivity contribution >= 4 is 5.91 Å². The largest absolute Gasteiger partial charge is 0.494 e. The molecular formula is C16H26N2O2. The normalized spacial score (nSPS) is 10.3. The van der Waals surface area contributed by atoms with Crippen LogP contribution in [0.1, 0.15) is 31.7 Å². The van der Waals surface area contributed by atoms with Crippen LogP contribution in [0, 0.1) is 0 Å². The first-order valence-electron chi connectivity index (χ1n) is 7.39. The molecule has 1 rings (SSSR count). The van der Waals surface area contributed by atoms with Crippen LogP contribution >= 0.6 is 0 Å². The Kier molecular flexibility index (Phi) is 8.47. The fourth-order valence-electron chi connectivity index (χ4n) is 1.81. The van der Waals surface area contributed by atoms with Gasteiger partial charge in [0.15, 0.2) is 0 Å². The van der Waals surface area contributed by atoms with Crippen LogP contribution < -0.4 is 15.4 Å². The number of carbonyl (C=O) groups excluding carboxylic acids is 1. The highest BCUT2D eigenvalue weighted by Gasteiger charge is 2.02. The number of benzene rings is 1. The Balaban J connectivity index is 2.22. The maximum absolute atomic E-state index is 11.6. The molecule has 2 N–H and O–H groups in total. The van der Waals surface area contributed by atoms with Crippen LogP contribution in [-0.2, 0) is 11.2 Å². The quantitative estimate of drug-likeness (QED) is 0.645. The summed E-state index contributed by atoms with van der Waals surface area (Å²) in [5.41, 5.74) is 1.17. The minimum atomic E-state index is 0.118. The predicted molar refractivity (Wildman–Crippen MR) is 82.1 cm³/mol. The van der Waals surface area contributed by atoms with E-state index in [-0.39, 0.29) is 5.91 Å². The zero-order valence-electron chi connectivity index (χ0n) is 12.6. The van der Waals surface area contributed by atoms with E-state index >= 15 is 0 Å². The lowest BCUT2D eigenvalue weighted by molar-refractivity contribution is -0.121. The molecule has 0 aliphatic heterocycles. The second kappa shape index (κ2) is 10.3. The van der Waals surface area contributed by atoms with Gasteiger partial charge in [0.1, 0.15) is 5.75 Å². The van der Waals surface area contributed by atoms with E-state index in [2.05, 4.69) is 17.6 Å². The first-order chi connectivity index (χ1) is 9.76. The van der Waals surface area contributed by atoms with Gasteiger partial charge in [-0.25, -0.2) is 0 Å². The van der Waals surface area contributed by atoms with Crippen molar-refractivity contribution in [2.45, 2.75) is 32.6 Å². The SMILES string of the molecule is CCCOc1ccc(CCC(=O)NCCCNC)cc1. The zero-order chi connectivity index (χ0) is 14.6. The summed E-state index contributed by atoms with van der Waals surface area (Å²) in [7, 11) is 1.91. The highest BCUT2D eigenvalue weighted by atomic mass is 16.5. The molecule has 0 aliphatic carbocycles. The van der Waals surface area contributed by atoms with Gasteiger partial charge in [0.2, 0.25) is 5.91 Å². The van der Waals surface area contributed by atoms with Gasteiger partial charge in [-0.1, -0.05) is 19.1 Å². The van der Waals surface area contributed by atoms with Crippen molar-refractivity contribution in [3.8, 4) is 5.75 Å². The van der Waals surface area contributed by atoms with Gasteiger partial charge in [-0.15, -0.1) is 0 Å². The van der Waals surface area contributed by atoms with Gasteiger partial charge in [-0.05, 0) is 50.6 Å². The molecule has 0 fully saturated rings. The molecule has 0 bridgehead atoms. The van der Waals surface area contributed by atoms with E-state index in [0.717, 1.165) is 44.7 Å². The van der Waals surface area contributed by atoms with Gasteiger partial charge >= 0.3 is 0 Å². The number of ether oxygens (including phenoxy) is 1. The molecule has 1 aromatic carbocycles. The van der Waals surface area contributed by atoms with Crippen molar-refractivity contribution in [1.29, 1.82) is 0 Å². The molecule has 0 aromatic heterocycles. The molecule has 0 atom stereocenters. The molecule has 0 saturated heterocycles. The summed E-state index contributed by atoms with van der Waals surface area (Å²) in [5, 5.41) is 5.98. The monoisotopic (exact) mass is 278 g/mol. The number of rotatable bonds is 10. The van der Waals surface area contributed by atoms with E-state index in [1.807, 2.05) is 31.3 Å². The van der Waals surface area contributed by atoms with Gasteiger partial charge in [0, 0.05) is 13.0 Å². The molecule has 0 unspecified atom stereocenters. The van der Waals surface area contributed by atoms with E-state index in [1.165, 1.54) is 5.56 Å². The molecule has 1 amide bonds. The Morgan fingerprint density at radius 1 is 1.20 bits per heavy atom. The van der Waals surface area contributed by atoms with Crippen LogP contribution in [0.3, 0.4) is 0 Å². The lowest BCUT2D eigenvalue weighted by Crippen LogP contribution is -2.26. The third-order valence-corrected chi connectivity index (χ3v) is 2.96. The Labute approximate surface area is 121 Å². The van der Waals surface area contributed by atoms with Gasteiger partial charge in [0.05, 0.1) is 6.61 Å². The lowest BCUT2D eigenvalue weighted by Gasteiger charge is -2.07. The molecule has 4 heteroatoms. The molecule has 0 radical (unpaired) electrons. The second-order valence-electron chi connectivity index (χ2n) is 4.80. The molecule has 4 nitrogen and oxygen atoms in total. The second-order valence-corrected chi connectivity index (χ2v) is 4.80. The van der Waals surface area contributed by atoms with Gasteiger partial charge in [-0.2, -0.15) is 0 Å². The molecule has 112 valence electrons. The van der Waals surface area contributed by atoms with Crippen LogP contribution in [0.2, 0.25) is 0 Å². The summed E-state index contributed by atoms with van der Waals surface area (Å²) in [6.07, 6.45) is 3.28. The van der Waals surface area contributed by atoms with E-state index in [4.69, 9.17) is 4.74 Å². The van der Waals surface area contributed by atoms with Crippen LogP contribution in [0.4, 0.5) is 0 Å². The van der Waals surface area contributed by atoms with Crippen LogP contribution in [0.5, 0.6) is 5.75 Å². The summed E-state index contributed by atoms with van der Waals surface area (Å²) in [4.78, 5) is 11.6. The Hall–Kier alpha value is -1.55. The number of amides is 1. The Bertz CT molecular complexity index is 377. The minimum absolute atomic E-state index is 0.118. The maximum Gasteiger partial charge on any atom is 0.220 e. The molecule has 0 saturated carbocycles. The topological polar surface area (TPSA) is 50.4 Å². The highest BCUT2D eigenvalue weighted by Crippen LogP contribution is 2.13. The molecule has 0 spiro atoms. The fraction of sp³-hybridized carbons (Fsp3) is 0.562. The third kappa shape index (κ3) is 7.14. The number of aryl methyl sites for hydroxylation is 1. The van der Waals surface area contributed by atoms with E-state index < -0.39 is 0 Å². The summed E-state index contributed by atoms with van der Waals surface area (Å²) < 4.78 is 5.53. The summed E-state index contributed by atoms with van der Waals surface area (Å²) in [6, 6.07) is 7.99. The van der Waals surface area contributed by atoms with Crippen molar-refractivity contribution < 1.29 is 9.53 Å². The van der Waals surface area contributed by atoms with Crippen molar-refractivity contribution in [2.24, 2.45) is 0 Å². The van der Waals surface area contributed by atoms with Crippen molar-refractivity contribution in [3.63, 3.8) is 0 Å².